The van der Waals surface area contributed by atoms with Crippen LogP contribution in [0.2, 0.25) is 0 Å². The highest BCUT2D eigenvalue weighted by molar-refractivity contribution is 5.95. The summed E-state index contributed by atoms with van der Waals surface area (Å²) in [6.45, 7) is 5.43. The van der Waals surface area contributed by atoms with Crippen LogP contribution in [-0.2, 0) is 9.59 Å². The number of benzene rings is 1. The molecule has 120 valence electrons. The number of likely N-dealkylation sites (tertiary alicyclic amines) is 1. The fraction of sp³-hybridized carbons (Fsp3) is 0.529. The SMILES string of the molecule is CC(=O)Nc1ccc(NC(=O)C(C)N2CCCCCC2)cc1. The van der Waals surface area contributed by atoms with Gasteiger partial charge in [0.1, 0.15) is 0 Å². The number of carbonyl (C=O) groups excluding carboxylic acids is 2. The molecule has 2 N–H and O–H groups in total. The highest BCUT2D eigenvalue weighted by atomic mass is 16.2. The lowest BCUT2D eigenvalue weighted by atomic mass is 10.2. The molecule has 22 heavy (non-hydrogen) atoms. The molecule has 5 heteroatoms. The topological polar surface area (TPSA) is 61.4 Å². The number of hydrogen-bond acceptors (Lipinski definition) is 3. The number of anilines is 2. The van der Waals surface area contributed by atoms with Crippen molar-refractivity contribution in [3.63, 3.8) is 0 Å². The van der Waals surface area contributed by atoms with Crippen molar-refractivity contribution in [3.05, 3.63) is 24.3 Å². The maximum atomic E-state index is 12.4. The first kappa shape index (κ1) is 16.5. The zero-order valence-corrected chi connectivity index (χ0v) is 13.4. The molecule has 0 bridgehead atoms. The number of nitrogens with zero attached hydrogens (tertiary/aromatic N) is 1. The van der Waals surface area contributed by atoms with E-state index >= 15 is 0 Å². The molecule has 1 fully saturated rings. The molecule has 2 rings (SSSR count). The minimum Gasteiger partial charge on any atom is -0.326 e. The van der Waals surface area contributed by atoms with Gasteiger partial charge in [0.15, 0.2) is 0 Å². The fourth-order valence-electron chi connectivity index (χ4n) is 2.74. The lowest BCUT2D eigenvalue weighted by Gasteiger charge is -2.26. The van der Waals surface area contributed by atoms with Crippen LogP contribution in [0.3, 0.4) is 0 Å². The molecule has 1 aromatic rings. The number of amides is 2. The zero-order valence-electron chi connectivity index (χ0n) is 13.4. The van der Waals surface area contributed by atoms with Gasteiger partial charge in [-0.3, -0.25) is 14.5 Å². The highest BCUT2D eigenvalue weighted by Crippen LogP contribution is 2.16. The first-order chi connectivity index (χ1) is 10.6. The number of nitrogens with one attached hydrogen (secondary N) is 2. The van der Waals surface area contributed by atoms with E-state index in [-0.39, 0.29) is 17.9 Å². The van der Waals surface area contributed by atoms with Crippen LogP contribution in [0.1, 0.15) is 39.5 Å². The minimum atomic E-state index is -0.117. The summed E-state index contributed by atoms with van der Waals surface area (Å²) in [4.78, 5) is 25.6. The summed E-state index contributed by atoms with van der Waals surface area (Å²) in [5.41, 5.74) is 1.48. The molecule has 0 saturated carbocycles. The summed E-state index contributed by atoms with van der Waals surface area (Å²) in [5, 5.41) is 5.65. The van der Waals surface area contributed by atoms with E-state index in [9.17, 15) is 9.59 Å². The Balaban J connectivity index is 1.91. The molecular weight excluding hydrogens is 278 g/mol. The largest absolute Gasteiger partial charge is 0.326 e. The molecule has 5 nitrogen and oxygen atoms in total. The number of carbonyl (C=O) groups is 2. The summed E-state index contributed by atoms with van der Waals surface area (Å²) in [7, 11) is 0. The lowest BCUT2D eigenvalue weighted by molar-refractivity contribution is -0.120. The third-order valence-electron chi connectivity index (χ3n) is 4.04. The second-order valence-corrected chi connectivity index (χ2v) is 5.87. The predicted octanol–water partition coefficient (Wildman–Crippen LogP) is 2.85. The van der Waals surface area contributed by atoms with Gasteiger partial charge in [-0.05, 0) is 57.1 Å². The molecule has 2 amide bonds. The Morgan fingerprint density at radius 1 is 0.955 bits per heavy atom. The summed E-state index contributed by atoms with van der Waals surface area (Å²) in [5.74, 6) is -0.0826. The summed E-state index contributed by atoms with van der Waals surface area (Å²) in [6.07, 6.45) is 4.86. The Bertz CT molecular complexity index is 505. The van der Waals surface area contributed by atoms with Gasteiger partial charge in [-0.15, -0.1) is 0 Å². The number of rotatable bonds is 4. The molecule has 1 aliphatic heterocycles. The van der Waals surface area contributed by atoms with Gasteiger partial charge in [0.05, 0.1) is 6.04 Å². The fourth-order valence-corrected chi connectivity index (χ4v) is 2.74. The van der Waals surface area contributed by atoms with E-state index in [1.165, 1.54) is 32.6 Å². The smallest absolute Gasteiger partial charge is 0.241 e. The van der Waals surface area contributed by atoms with Crippen LogP contribution < -0.4 is 10.6 Å². The van der Waals surface area contributed by atoms with E-state index in [1.807, 2.05) is 6.92 Å². The van der Waals surface area contributed by atoms with Gasteiger partial charge in [-0.2, -0.15) is 0 Å². The van der Waals surface area contributed by atoms with Crippen molar-refractivity contribution in [2.75, 3.05) is 23.7 Å². The Labute approximate surface area is 132 Å². The second-order valence-electron chi connectivity index (χ2n) is 5.87. The monoisotopic (exact) mass is 303 g/mol. The summed E-state index contributed by atoms with van der Waals surface area (Å²) >= 11 is 0. The number of hydrogen-bond donors (Lipinski definition) is 2. The van der Waals surface area contributed by atoms with Gasteiger partial charge in [0.25, 0.3) is 0 Å². The second kappa shape index (κ2) is 7.94. The van der Waals surface area contributed by atoms with Gasteiger partial charge in [0, 0.05) is 18.3 Å². The molecule has 1 unspecified atom stereocenters. The van der Waals surface area contributed by atoms with Crippen LogP contribution in [0.5, 0.6) is 0 Å². The van der Waals surface area contributed by atoms with Crippen LogP contribution in [0.25, 0.3) is 0 Å². The summed E-state index contributed by atoms with van der Waals surface area (Å²) in [6, 6.07) is 7.06. The first-order valence-corrected chi connectivity index (χ1v) is 7.99. The Kier molecular flexibility index (Phi) is 5.95. The van der Waals surface area contributed by atoms with Crippen molar-refractivity contribution in [2.45, 2.75) is 45.6 Å². The van der Waals surface area contributed by atoms with E-state index in [4.69, 9.17) is 0 Å². The Hall–Kier alpha value is -1.88. The zero-order chi connectivity index (χ0) is 15.9. The van der Waals surface area contributed by atoms with Crippen molar-refractivity contribution in [3.8, 4) is 0 Å². The van der Waals surface area contributed by atoms with Crippen LogP contribution in [0, 0.1) is 0 Å². The third kappa shape index (κ3) is 4.84. The van der Waals surface area contributed by atoms with Gasteiger partial charge in [-0.25, -0.2) is 0 Å². The standard InChI is InChI=1S/C17H25N3O2/c1-13(20-11-5-3-4-6-12-20)17(22)19-16-9-7-15(8-10-16)18-14(2)21/h7-10,13H,3-6,11-12H2,1-2H3,(H,18,21)(H,19,22). The molecule has 1 aromatic carbocycles. The van der Waals surface area contributed by atoms with Gasteiger partial charge in [-0.1, -0.05) is 12.8 Å². The van der Waals surface area contributed by atoms with Crippen molar-refractivity contribution < 1.29 is 9.59 Å². The van der Waals surface area contributed by atoms with Crippen LogP contribution in [0.15, 0.2) is 24.3 Å². The van der Waals surface area contributed by atoms with Gasteiger partial charge < -0.3 is 10.6 Å². The highest BCUT2D eigenvalue weighted by Gasteiger charge is 2.21. The molecular formula is C17H25N3O2. The van der Waals surface area contributed by atoms with Crippen molar-refractivity contribution in [1.29, 1.82) is 0 Å². The van der Waals surface area contributed by atoms with Crippen molar-refractivity contribution in [1.82, 2.24) is 4.90 Å². The molecule has 1 atom stereocenters. The van der Waals surface area contributed by atoms with E-state index in [2.05, 4.69) is 15.5 Å². The van der Waals surface area contributed by atoms with E-state index in [0.717, 1.165) is 24.5 Å². The molecule has 1 heterocycles. The average Bonchev–Trinajstić information content (AvgIpc) is 2.77. The van der Waals surface area contributed by atoms with Crippen molar-refractivity contribution >= 4 is 23.2 Å². The van der Waals surface area contributed by atoms with Crippen LogP contribution >= 0.6 is 0 Å². The maximum Gasteiger partial charge on any atom is 0.241 e. The molecule has 1 saturated heterocycles. The third-order valence-corrected chi connectivity index (χ3v) is 4.04. The normalized spacial score (nSPS) is 17.4. The summed E-state index contributed by atoms with van der Waals surface area (Å²) < 4.78 is 0. The maximum absolute atomic E-state index is 12.4. The molecule has 0 spiro atoms. The van der Waals surface area contributed by atoms with Gasteiger partial charge >= 0.3 is 0 Å². The predicted molar refractivity (Wildman–Crippen MR) is 88.9 cm³/mol. The molecule has 1 aliphatic rings. The average molecular weight is 303 g/mol. The first-order valence-electron chi connectivity index (χ1n) is 7.99. The molecule has 0 aromatic heterocycles. The van der Waals surface area contributed by atoms with Crippen molar-refractivity contribution in [2.24, 2.45) is 0 Å². The minimum absolute atomic E-state index is 0.0224. The lowest BCUT2D eigenvalue weighted by Crippen LogP contribution is -2.42. The quantitative estimate of drug-likeness (QED) is 0.899. The van der Waals surface area contributed by atoms with E-state index < -0.39 is 0 Å². The van der Waals surface area contributed by atoms with Crippen LogP contribution in [0.4, 0.5) is 11.4 Å². The van der Waals surface area contributed by atoms with E-state index in [0.29, 0.717) is 0 Å². The molecule has 0 aliphatic carbocycles. The molecule has 0 radical (unpaired) electrons. The van der Waals surface area contributed by atoms with E-state index in [1.54, 1.807) is 24.3 Å². The van der Waals surface area contributed by atoms with Crippen LogP contribution in [-0.4, -0.2) is 35.8 Å². The van der Waals surface area contributed by atoms with Gasteiger partial charge in [0.2, 0.25) is 11.8 Å². The Morgan fingerprint density at radius 3 is 1.95 bits per heavy atom. The Morgan fingerprint density at radius 2 is 1.45 bits per heavy atom.